The van der Waals surface area contributed by atoms with E-state index in [1.807, 2.05) is 31.5 Å². The molecule has 2 N–H and O–H groups in total. The molecule has 1 unspecified atom stereocenters. The van der Waals surface area contributed by atoms with E-state index < -0.39 is 0 Å². The van der Waals surface area contributed by atoms with E-state index in [1.54, 1.807) is 12.1 Å². The first-order chi connectivity index (χ1) is 9.06. The molecular formula is C14H19N3O2. The molecule has 102 valence electrons. The predicted molar refractivity (Wildman–Crippen MR) is 74.1 cm³/mol. The van der Waals surface area contributed by atoms with Crippen molar-refractivity contribution in [2.75, 3.05) is 6.61 Å². The number of amides is 1. The van der Waals surface area contributed by atoms with Crippen LogP contribution in [0.4, 0.5) is 0 Å². The Morgan fingerprint density at radius 3 is 2.89 bits per heavy atom. The van der Waals surface area contributed by atoms with Crippen molar-refractivity contribution in [3.63, 3.8) is 0 Å². The first-order valence-corrected chi connectivity index (χ1v) is 6.41. The number of imidazole rings is 1. The van der Waals surface area contributed by atoms with E-state index in [1.165, 1.54) is 0 Å². The molecule has 19 heavy (non-hydrogen) atoms. The minimum Gasteiger partial charge on any atom is -0.394 e. The lowest BCUT2D eigenvalue weighted by atomic mass is 10.1. The number of carbonyl (C=O) groups excluding carboxylic acids is 1. The molecule has 1 aromatic heterocycles. The number of carbonyl (C=O) groups is 1. The van der Waals surface area contributed by atoms with Crippen molar-refractivity contribution in [1.29, 1.82) is 0 Å². The Morgan fingerprint density at radius 2 is 2.26 bits per heavy atom. The molecule has 0 bridgehead atoms. The lowest BCUT2D eigenvalue weighted by Gasteiger charge is -2.13. The second-order valence-electron chi connectivity index (χ2n) is 4.68. The molecule has 1 atom stereocenters. The third-order valence-corrected chi connectivity index (χ3v) is 3.42. The largest absolute Gasteiger partial charge is 0.394 e. The highest BCUT2D eigenvalue weighted by atomic mass is 16.3. The van der Waals surface area contributed by atoms with Crippen LogP contribution in [0.25, 0.3) is 11.0 Å². The van der Waals surface area contributed by atoms with Gasteiger partial charge in [-0.3, -0.25) is 4.79 Å². The molecule has 0 aliphatic rings. The van der Waals surface area contributed by atoms with Crippen molar-refractivity contribution in [3.05, 3.63) is 29.6 Å². The Morgan fingerprint density at radius 1 is 1.53 bits per heavy atom. The summed E-state index contributed by atoms with van der Waals surface area (Å²) in [5.41, 5.74) is 2.38. The van der Waals surface area contributed by atoms with Crippen molar-refractivity contribution in [1.82, 2.24) is 14.9 Å². The summed E-state index contributed by atoms with van der Waals surface area (Å²) in [5.74, 6) is 0.737. The summed E-state index contributed by atoms with van der Waals surface area (Å²) in [4.78, 5) is 16.5. The quantitative estimate of drug-likeness (QED) is 0.873. The maximum atomic E-state index is 12.1. The van der Waals surface area contributed by atoms with E-state index in [0.29, 0.717) is 12.0 Å². The van der Waals surface area contributed by atoms with Crippen LogP contribution in [-0.2, 0) is 7.05 Å². The van der Waals surface area contributed by atoms with E-state index in [9.17, 15) is 4.79 Å². The van der Waals surface area contributed by atoms with Crippen LogP contribution in [0.15, 0.2) is 18.2 Å². The Hall–Kier alpha value is -1.88. The van der Waals surface area contributed by atoms with Gasteiger partial charge >= 0.3 is 0 Å². The smallest absolute Gasteiger partial charge is 0.251 e. The highest BCUT2D eigenvalue weighted by Crippen LogP contribution is 2.16. The van der Waals surface area contributed by atoms with Gasteiger partial charge in [0.05, 0.1) is 23.7 Å². The van der Waals surface area contributed by atoms with Crippen LogP contribution in [0.5, 0.6) is 0 Å². The van der Waals surface area contributed by atoms with Gasteiger partial charge in [-0.15, -0.1) is 0 Å². The number of aliphatic hydroxyl groups is 1. The Bertz CT molecular complexity index is 600. The number of nitrogens with one attached hydrogen (secondary N) is 1. The van der Waals surface area contributed by atoms with Gasteiger partial charge in [0.1, 0.15) is 5.82 Å². The molecule has 1 aromatic carbocycles. The topological polar surface area (TPSA) is 67.2 Å². The molecule has 0 radical (unpaired) electrons. The van der Waals surface area contributed by atoms with Gasteiger partial charge in [-0.05, 0) is 31.5 Å². The summed E-state index contributed by atoms with van der Waals surface area (Å²) in [5, 5.41) is 11.9. The fourth-order valence-electron chi connectivity index (χ4n) is 2.01. The van der Waals surface area contributed by atoms with Gasteiger partial charge in [-0.2, -0.15) is 0 Å². The predicted octanol–water partition coefficient (Wildman–Crippen LogP) is 1.38. The summed E-state index contributed by atoms with van der Waals surface area (Å²) in [6.45, 7) is 3.80. The van der Waals surface area contributed by atoms with Crippen LogP contribution in [0.1, 0.15) is 29.5 Å². The molecule has 1 heterocycles. The zero-order chi connectivity index (χ0) is 14.0. The minimum atomic E-state index is -0.200. The molecule has 0 saturated heterocycles. The van der Waals surface area contributed by atoms with E-state index in [2.05, 4.69) is 10.3 Å². The number of aliphatic hydroxyl groups excluding tert-OH is 1. The first-order valence-electron chi connectivity index (χ1n) is 6.41. The standard InChI is InChI=1S/C14H19N3O2/c1-4-11(8-18)16-14(19)10-5-6-13-12(7-10)15-9(2)17(13)3/h5-7,11,18H,4,8H2,1-3H3,(H,16,19). The van der Waals surface area contributed by atoms with Crippen LogP contribution in [0.3, 0.4) is 0 Å². The van der Waals surface area contributed by atoms with Crippen LogP contribution in [0, 0.1) is 6.92 Å². The Labute approximate surface area is 112 Å². The number of rotatable bonds is 4. The summed E-state index contributed by atoms with van der Waals surface area (Å²) in [7, 11) is 1.95. The number of hydrogen-bond acceptors (Lipinski definition) is 3. The molecule has 0 spiro atoms. The second-order valence-corrected chi connectivity index (χ2v) is 4.68. The molecular weight excluding hydrogens is 242 g/mol. The highest BCUT2D eigenvalue weighted by Gasteiger charge is 2.13. The Kier molecular flexibility index (Phi) is 3.85. The zero-order valence-electron chi connectivity index (χ0n) is 11.5. The minimum absolute atomic E-state index is 0.0484. The fourth-order valence-corrected chi connectivity index (χ4v) is 2.01. The highest BCUT2D eigenvalue weighted by molar-refractivity contribution is 5.97. The Balaban J connectivity index is 2.28. The van der Waals surface area contributed by atoms with Gasteiger partial charge in [-0.25, -0.2) is 4.98 Å². The van der Waals surface area contributed by atoms with Gasteiger partial charge in [0.25, 0.3) is 5.91 Å². The molecule has 2 aromatic rings. The molecule has 0 aliphatic heterocycles. The molecule has 5 heteroatoms. The number of aromatic nitrogens is 2. The zero-order valence-corrected chi connectivity index (χ0v) is 11.5. The lowest BCUT2D eigenvalue weighted by Crippen LogP contribution is -2.36. The summed E-state index contributed by atoms with van der Waals surface area (Å²) in [6.07, 6.45) is 0.702. The van der Waals surface area contributed by atoms with Gasteiger partial charge in [0.2, 0.25) is 0 Å². The molecule has 0 aliphatic carbocycles. The third kappa shape index (κ3) is 2.61. The summed E-state index contributed by atoms with van der Waals surface area (Å²) < 4.78 is 1.99. The molecule has 0 saturated carbocycles. The third-order valence-electron chi connectivity index (χ3n) is 3.42. The normalized spacial score (nSPS) is 12.6. The number of nitrogens with zero attached hydrogens (tertiary/aromatic N) is 2. The second kappa shape index (κ2) is 5.40. The van der Waals surface area contributed by atoms with Crippen molar-refractivity contribution in [2.24, 2.45) is 7.05 Å². The number of hydrogen-bond donors (Lipinski definition) is 2. The number of aryl methyl sites for hydroxylation is 2. The van der Waals surface area contributed by atoms with Crippen LogP contribution in [-0.4, -0.2) is 33.2 Å². The van der Waals surface area contributed by atoms with E-state index in [-0.39, 0.29) is 18.6 Å². The number of fused-ring (bicyclic) bond motifs is 1. The molecule has 1 amide bonds. The lowest BCUT2D eigenvalue weighted by molar-refractivity contribution is 0.0915. The van der Waals surface area contributed by atoms with Crippen LogP contribution >= 0.6 is 0 Å². The monoisotopic (exact) mass is 261 g/mol. The van der Waals surface area contributed by atoms with Crippen LogP contribution < -0.4 is 5.32 Å². The van der Waals surface area contributed by atoms with Crippen molar-refractivity contribution in [3.8, 4) is 0 Å². The molecule has 5 nitrogen and oxygen atoms in total. The first kappa shape index (κ1) is 13.5. The summed E-state index contributed by atoms with van der Waals surface area (Å²) >= 11 is 0. The maximum Gasteiger partial charge on any atom is 0.251 e. The van der Waals surface area contributed by atoms with Gasteiger partial charge < -0.3 is 15.0 Å². The average Bonchev–Trinajstić information content (AvgIpc) is 2.70. The van der Waals surface area contributed by atoms with Gasteiger partial charge in [-0.1, -0.05) is 6.92 Å². The summed E-state index contributed by atoms with van der Waals surface area (Å²) in [6, 6.07) is 5.25. The fraction of sp³-hybridized carbons (Fsp3) is 0.429. The van der Waals surface area contributed by atoms with E-state index in [0.717, 1.165) is 16.9 Å². The average molecular weight is 261 g/mol. The van der Waals surface area contributed by atoms with Gasteiger partial charge in [0, 0.05) is 12.6 Å². The van der Waals surface area contributed by atoms with Crippen molar-refractivity contribution < 1.29 is 9.90 Å². The molecule has 0 fully saturated rings. The number of benzene rings is 1. The maximum absolute atomic E-state index is 12.1. The SMILES string of the molecule is CCC(CO)NC(=O)c1ccc2c(c1)nc(C)n2C. The van der Waals surface area contributed by atoms with Gasteiger partial charge in [0.15, 0.2) is 0 Å². The molecule has 2 rings (SSSR count). The van der Waals surface area contributed by atoms with E-state index >= 15 is 0 Å². The van der Waals surface area contributed by atoms with E-state index in [4.69, 9.17) is 5.11 Å². The van der Waals surface area contributed by atoms with Crippen molar-refractivity contribution >= 4 is 16.9 Å². The van der Waals surface area contributed by atoms with Crippen LogP contribution in [0.2, 0.25) is 0 Å². The van der Waals surface area contributed by atoms with Crippen molar-refractivity contribution in [2.45, 2.75) is 26.3 Å².